The molecule has 2 amide bonds. The van der Waals surface area contributed by atoms with Crippen LogP contribution in [0.4, 0.5) is 10.6 Å². The maximum atomic E-state index is 11.8. The number of nitriles is 1. The predicted octanol–water partition coefficient (Wildman–Crippen LogP) is 1.47. The molecule has 0 radical (unpaired) electrons. The van der Waals surface area contributed by atoms with Gasteiger partial charge in [-0.05, 0) is 31.2 Å². The molecule has 0 atom stereocenters. The van der Waals surface area contributed by atoms with Gasteiger partial charge >= 0.3 is 6.03 Å². The smallest absolute Gasteiger partial charge is 0.317 e. The number of anilines is 1. The number of amides is 2. The highest BCUT2D eigenvalue weighted by Gasteiger charge is 2.32. The topological polar surface area (TPSA) is 85.2 Å². The number of nitrogens with one attached hydrogen (secondary N) is 1. The highest BCUT2D eigenvalue weighted by atomic mass is 16.2. The molecule has 2 fully saturated rings. The van der Waals surface area contributed by atoms with Crippen molar-refractivity contribution in [1.29, 1.82) is 5.26 Å². The van der Waals surface area contributed by atoms with E-state index in [2.05, 4.69) is 33.4 Å². The average Bonchev–Trinajstić information content (AvgIpc) is 3.06. The van der Waals surface area contributed by atoms with Gasteiger partial charge in [0.15, 0.2) is 5.82 Å². The molecule has 3 rings (SSSR count). The third kappa shape index (κ3) is 2.88. The minimum Gasteiger partial charge on any atom is -0.354 e. The fourth-order valence-electron chi connectivity index (χ4n) is 3.73. The van der Waals surface area contributed by atoms with Gasteiger partial charge in [0, 0.05) is 32.2 Å². The molecule has 0 unspecified atom stereocenters. The van der Waals surface area contributed by atoms with Gasteiger partial charge in [-0.15, -0.1) is 5.10 Å². The molecule has 2 aliphatic rings. The van der Waals surface area contributed by atoms with Crippen molar-refractivity contribution in [2.75, 3.05) is 31.1 Å². The molecule has 1 N–H and O–H groups in total. The summed E-state index contributed by atoms with van der Waals surface area (Å²) >= 11 is 0. The second-order valence-electron chi connectivity index (χ2n) is 6.29. The Morgan fingerprint density at radius 2 is 1.96 bits per heavy atom. The fourth-order valence-corrected chi connectivity index (χ4v) is 3.73. The van der Waals surface area contributed by atoms with E-state index in [9.17, 15) is 10.1 Å². The van der Waals surface area contributed by atoms with Gasteiger partial charge in [-0.2, -0.15) is 10.4 Å². The number of hydrogen-bond acceptors (Lipinski definition) is 5. The maximum Gasteiger partial charge on any atom is 0.317 e. The summed E-state index contributed by atoms with van der Waals surface area (Å²) < 4.78 is 0. The maximum absolute atomic E-state index is 11.8. The molecule has 3 heterocycles. The fraction of sp³-hybridized carbons (Fsp3) is 0.647. The lowest BCUT2D eigenvalue weighted by Crippen LogP contribution is -2.46. The summed E-state index contributed by atoms with van der Waals surface area (Å²) in [6.45, 7) is 7.22. The number of piperidine rings is 1. The van der Waals surface area contributed by atoms with Crippen molar-refractivity contribution < 1.29 is 4.79 Å². The molecule has 128 valence electrons. The van der Waals surface area contributed by atoms with E-state index in [0.717, 1.165) is 63.1 Å². The van der Waals surface area contributed by atoms with Gasteiger partial charge in [-0.1, -0.05) is 13.8 Å². The number of carbonyl (C=O) groups excluding carboxylic acids is 1. The second kappa shape index (κ2) is 7.04. The van der Waals surface area contributed by atoms with E-state index < -0.39 is 0 Å². The van der Waals surface area contributed by atoms with Gasteiger partial charge in [0.2, 0.25) is 0 Å². The first-order valence-corrected chi connectivity index (χ1v) is 8.77. The van der Waals surface area contributed by atoms with E-state index in [1.807, 2.05) is 11.8 Å². The summed E-state index contributed by atoms with van der Waals surface area (Å²) in [6.07, 6.45) is 3.38. The van der Waals surface area contributed by atoms with Crippen molar-refractivity contribution in [3.8, 4) is 6.07 Å². The normalized spacial score (nSPS) is 18.6. The zero-order valence-electron chi connectivity index (χ0n) is 14.4. The standard InChI is InChI=1S/C17H24N6O/c1-3-13-14(11-18)16(21-20-15(13)4-2)22-8-5-12(6-9-22)23-10-7-19-17(23)24/h12H,3-10H2,1-2H3,(H,19,24). The SMILES string of the molecule is CCc1nnc(N2CCC(N3CCNC3=O)CC2)c(C#N)c1CC. The van der Waals surface area contributed by atoms with Crippen LogP contribution in [0.3, 0.4) is 0 Å². The van der Waals surface area contributed by atoms with Crippen LogP contribution in [0, 0.1) is 11.3 Å². The zero-order chi connectivity index (χ0) is 17.1. The van der Waals surface area contributed by atoms with Crippen molar-refractivity contribution in [3.63, 3.8) is 0 Å². The highest BCUT2D eigenvalue weighted by molar-refractivity contribution is 5.76. The minimum atomic E-state index is 0.0477. The molecule has 2 aliphatic heterocycles. The van der Waals surface area contributed by atoms with Crippen LogP contribution in [0.25, 0.3) is 0 Å². The van der Waals surface area contributed by atoms with Gasteiger partial charge < -0.3 is 15.1 Å². The van der Waals surface area contributed by atoms with Crippen molar-refractivity contribution in [2.45, 2.75) is 45.6 Å². The quantitative estimate of drug-likeness (QED) is 0.904. The lowest BCUT2D eigenvalue weighted by atomic mass is 10.0. The lowest BCUT2D eigenvalue weighted by molar-refractivity contribution is 0.186. The summed E-state index contributed by atoms with van der Waals surface area (Å²) in [5.41, 5.74) is 2.61. The Labute approximate surface area is 142 Å². The molecular formula is C17H24N6O. The second-order valence-corrected chi connectivity index (χ2v) is 6.29. The van der Waals surface area contributed by atoms with Gasteiger partial charge in [-0.3, -0.25) is 0 Å². The molecule has 1 aromatic heterocycles. The molecule has 0 bridgehead atoms. The number of aromatic nitrogens is 2. The number of carbonyl (C=O) groups is 1. The molecule has 1 aromatic rings. The van der Waals surface area contributed by atoms with Crippen LogP contribution in [0.1, 0.15) is 43.5 Å². The molecule has 7 heteroatoms. The Bertz CT molecular complexity index is 660. The zero-order valence-corrected chi connectivity index (χ0v) is 14.4. The van der Waals surface area contributed by atoms with Crippen LogP contribution in [-0.4, -0.2) is 53.3 Å². The van der Waals surface area contributed by atoms with Crippen LogP contribution in [0.5, 0.6) is 0 Å². The lowest BCUT2D eigenvalue weighted by Gasteiger charge is -2.37. The van der Waals surface area contributed by atoms with Crippen molar-refractivity contribution in [3.05, 3.63) is 16.8 Å². The largest absolute Gasteiger partial charge is 0.354 e. The van der Waals surface area contributed by atoms with E-state index >= 15 is 0 Å². The number of aryl methyl sites for hydroxylation is 1. The number of rotatable bonds is 4. The average molecular weight is 328 g/mol. The molecule has 2 saturated heterocycles. The van der Waals surface area contributed by atoms with Gasteiger partial charge in [-0.25, -0.2) is 4.79 Å². The predicted molar refractivity (Wildman–Crippen MR) is 90.8 cm³/mol. The number of hydrogen-bond donors (Lipinski definition) is 1. The Morgan fingerprint density at radius 3 is 2.50 bits per heavy atom. The summed E-state index contributed by atoms with van der Waals surface area (Å²) in [5, 5.41) is 21.2. The van der Waals surface area contributed by atoms with E-state index in [1.54, 1.807) is 0 Å². The van der Waals surface area contributed by atoms with Crippen molar-refractivity contribution >= 4 is 11.8 Å². The highest BCUT2D eigenvalue weighted by Crippen LogP contribution is 2.27. The molecule has 0 spiro atoms. The van der Waals surface area contributed by atoms with E-state index in [4.69, 9.17) is 0 Å². The molecule has 0 saturated carbocycles. The Balaban J connectivity index is 1.77. The molecule has 0 aliphatic carbocycles. The first-order valence-electron chi connectivity index (χ1n) is 8.77. The Hall–Kier alpha value is -2.36. The monoisotopic (exact) mass is 328 g/mol. The third-order valence-electron chi connectivity index (χ3n) is 5.03. The third-order valence-corrected chi connectivity index (χ3v) is 5.03. The molecular weight excluding hydrogens is 304 g/mol. The summed E-state index contributed by atoms with van der Waals surface area (Å²) in [6, 6.07) is 2.67. The molecule has 7 nitrogen and oxygen atoms in total. The van der Waals surface area contributed by atoms with Crippen LogP contribution < -0.4 is 10.2 Å². The van der Waals surface area contributed by atoms with E-state index in [1.165, 1.54) is 0 Å². The van der Waals surface area contributed by atoms with E-state index in [-0.39, 0.29) is 12.1 Å². The Kier molecular flexibility index (Phi) is 4.84. The van der Waals surface area contributed by atoms with Crippen LogP contribution in [0.2, 0.25) is 0 Å². The summed E-state index contributed by atoms with van der Waals surface area (Å²) in [5.74, 6) is 0.705. The van der Waals surface area contributed by atoms with Gasteiger partial charge in [0.1, 0.15) is 11.6 Å². The summed E-state index contributed by atoms with van der Waals surface area (Å²) in [7, 11) is 0. The molecule has 0 aromatic carbocycles. The first-order chi connectivity index (χ1) is 11.7. The van der Waals surface area contributed by atoms with Gasteiger partial charge in [0.25, 0.3) is 0 Å². The van der Waals surface area contributed by atoms with Gasteiger partial charge in [0.05, 0.1) is 5.69 Å². The van der Waals surface area contributed by atoms with Crippen molar-refractivity contribution in [2.24, 2.45) is 0 Å². The minimum absolute atomic E-state index is 0.0477. The number of nitrogens with zero attached hydrogens (tertiary/aromatic N) is 5. The van der Waals surface area contributed by atoms with Crippen LogP contribution >= 0.6 is 0 Å². The van der Waals surface area contributed by atoms with Crippen LogP contribution in [-0.2, 0) is 12.8 Å². The van der Waals surface area contributed by atoms with Crippen molar-refractivity contribution in [1.82, 2.24) is 20.4 Å². The summed E-state index contributed by atoms with van der Waals surface area (Å²) in [4.78, 5) is 15.9. The first kappa shape index (κ1) is 16.5. The van der Waals surface area contributed by atoms with E-state index in [0.29, 0.717) is 11.4 Å². The number of urea groups is 1. The Morgan fingerprint density at radius 1 is 1.21 bits per heavy atom. The molecule has 24 heavy (non-hydrogen) atoms. The van der Waals surface area contributed by atoms with Crippen LogP contribution in [0.15, 0.2) is 0 Å².